The Morgan fingerprint density at radius 2 is 2.19 bits per heavy atom. The number of hydrogen-bond donors (Lipinski definition) is 1. The van der Waals surface area contributed by atoms with Crippen LogP contribution in [0.3, 0.4) is 0 Å². The van der Waals surface area contributed by atoms with Crippen molar-refractivity contribution in [3.63, 3.8) is 0 Å². The van der Waals surface area contributed by atoms with Crippen LogP contribution in [0.1, 0.15) is 31.9 Å². The fourth-order valence-electron chi connectivity index (χ4n) is 1.59. The molecule has 1 N–H and O–H groups in total. The van der Waals surface area contributed by atoms with Gasteiger partial charge in [0.2, 0.25) is 0 Å². The molecule has 1 rings (SSSR count). The maximum atomic E-state index is 6.04. The normalized spacial score (nSPS) is 12.6. The monoisotopic (exact) mass is 305 g/mol. The lowest BCUT2D eigenvalue weighted by molar-refractivity contribution is 0.399. The number of ether oxygens (including phenoxy) is 1. The Morgan fingerprint density at radius 3 is 2.75 bits per heavy atom. The smallest absolute Gasteiger partial charge is 0.137 e. The van der Waals surface area contributed by atoms with E-state index in [0.717, 1.165) is 28.8 Å². The molecule has 4 heteroatoms. The van der Waals surface area contributed by atoms with Gasteiger partial charge in [0.1, 0.15) is 5.75 Å². The van der Waals surface area contributed by atoms with Crippen LogP contribution in [0.15, 0.2) is 16.6 Å². The zero-order valence-corrected chi connectivity index (χ0v) is 12.2. The van der Waals surface area contributed by atoms with Crippen LogP contribution in [0, 0.1) is 0 Å². The molecular formula is C12H17BrClNO. The average Bonchev–Trinajstić information content (AvgIpc) is 2.24. The number of hydrogen-bond acceptors (Lipinski definition) is 2. The Labute approximate surface area is 110 Å². The Kier molecular flexibility index (Phi) is 5.59. The number of rotatable bonds is 5. The van der Waals surface area contributed by atoms with Crippen LogP contribution < -0.4 is 10.1 Å². The molecule has 0 spiro atoms. The summed E-state index contributed by atoms with van der Waals surface area (Å²) in [5.74, 6) is 0.848. The molecule has 0 saturated heterocycles. The van der Waals surface area contributed by atoms with Gasteiger partial charge in [-0.2, -0.15) is 0 Å². The zero-order valence-electron chi connectivity index (χ0n) is 9.81. The van der Waals surface area contributed by atoms with Crippen molar-refractivity contribution in [2.24, 2.45) is 0 Å². The summed E-state index contributed by atoms with van der Waals surface area (Å²) in [7, 11) is 1.67. The molecular weight excluding hydrogens is 289 g/mol. The van der Waals surface area contributed by atoms with E-state index in [4.69, 9.17) is 16.3 Å². The van der Waals surface area contributed by atoms with Crippen LogP contribution in [0.5, 0.6) is 5.75 Å². The topological polar surface area (TPSA) is 21.3 Å². The van der Waals surface area contributed by atoms with Crippen LogP contribution in [0.4, 0.5) is 0 Å². The van der Waals surface area contributed by atoms with Gasteiger partial charge in [0.15, 0.2) is 0 Å². The van der Waals surface area contributed by atoms with E-state index in [1.165, 1.54) is 0 Å². The number of benzene rings is 1. The van der Waals surface area contributed by atoms with Crippen molar-refractivity contribution in [3.05, 3.63) is 27.2 Å². The third-order valence-corrected chi connectivity index (χ3v) is 3.22. The Morgan fingerprint density at radius 1 is 1.50 bits per heavy atom. The second-order valence-electron chi connectivity index (χ2n) is 3.69. The van der Waals surface area contributed by atoms with Crippen molar-refractivity contribution in [1.82, 2.24) is 5.32 Å². The summed E-state index contributed by atoms with van der Waals surface area (Å²) in [5.41, 5.74) is 1.08. The van der Waals surface area contributed by atoms with Crippen molar-refractivity contribution in [2.45, 2.75) is 26.3 Å². The molecule has 0 saturated carbocycles. The highest BCUT2D eigenvalue weighted by Gasteiger charge is 2.14. The highest BCUT2D eigenvalue weighted by molar-refractivity contribution is 9.10. The third-order valence-electron chi connectivity index (χ3n) is 2.41. The molecule has 1 atom stereocenters. The van der Waals surface area contributed by atoms with E-state index in [2.05, 4.69) is 35.1 Å². The van der Waals surface area contributed by atoms with Crippen molar-refractivity contribution in [2.75, 3.05) is 13.7 Å². The van der Waals surface area contributed by atoms with Crippen LogP contribution in [0.25, 0.3) is 0 Å². The molecule has 2 nitrogen and oxygen atoms in total. The summed E-state index contributed by atoms with van der Waals surface area (Å²) >= 11 is 9.50. The first-order valence-corrected chi connectivity index (χ1v) is 6.53. The van der Waals surface area contributed by atoms with E-state index in [-0.39, 0.29) is 6.04 Å². The fraction of sp³-hybridized carbons (Fsp3) is 0.500. The number of methoxy groups -OCH3 is 1. The minimum Gasteiger partial charge on any atom is -0.495 e. The minimum absolute atomic E-state index is 0.227. The molecule has 1 aromatic rings. The summed E-state index contributed by atoms with van der Waals surface area (Å²) in [6.45, 7) is 5.23. The standard InChI is InChI=1S/C12H17BrClNO/c1-4-5-15-8(2)10-6-9(14)7-11(13)12(10)16-3/h6-8,15H,4-5H2,1-3H3. The molecule has 0 aliphatic carbocycles. The van der Waals surface area contributed by atoms with E-state index in [9.17, 15) is 0 Å². The maximum Gasteiger partial charge on any atom is 0.137 e. The van der Waals surface area contributed by atoms with Crippen molar-refractivity contribution in [3.8, 4) is 5.75 Å². The van der Waals surface area contributed by atoms with Gasteiger partial charge in [0.25, 0.3) is 0 Å². The second kappa shape index (κ2) is 6.48. The van der Waals surface area contributed by atoms with Gasteiger partial charge in [-0.1, -0.05) is 18.5 Å². The highest BCUT2D eigenvalue weighted by atomic mass is 79.9. The first-order valence-electron chi connectivity index (χ1n) is 5.36. The largest absolute Gasteiger partial charge is 0.495 e. The minimum atomic E-state index is 0.227. The van der Waals surface area contributed by atoms with Crippen LogP contribution in [0.2, 0.25) is 5.02 Å². The molecule has 0 amide bonds. The van der Waals surface area contributed by atoms with E-state index >= 15 is 0 Å². The van der Waals surface area contributed by atoms with E-state index < -0.39 is 0 Å². The van der Waals surface area contributed by atoms with E-state index in [1.54, 1.807) is 7.11 Å². The SMILES string of the molecule is CCCNC(C)c1cc(Cl)cc(Br)c1OC. The van der Waals surface area contributed by atoms with Gasteiger partial charge in [-0.3, -0.25) is 0 Å². The Bertz CT molecular complexity index is 357. The highest BCUT2D eigenvalue weighted by Crippen LogP contribution is 2.35. The van der Waals surface area contributed by atoms with Gasteiger partial charge in [0, 0.05) is 16.6 Å². The molecule has 90 valence electrons. The summed E-state index contributed by atoms with van der Waals surface area (Å²) in [4.78, 5) is 0. The second-order valence-corrected chi connectivity index (χ2v) is 4.98. The van der Waals surface area contributed by atoms with Gasteiger partial charge in [0.05, 0.1) is 11.6 Å². The molecule has 0 radical (unpaired) electrons. The van der Waals surface area contributed by atoms with Crippen LogP contribution in [-0.4, -0.2) is 13.7 Å². The molecule has 0 aliphatic heterocycles. The van der Waals surface area contributed by atoms with Gasteiger partial charge in [-0.05, 0) is 48.0 Å². The summed E-state index contributed by atoms with van der Waals surface area (Å²) in [5, 5.41) is 4.13. The van der Waals surface area contributed by atoms with Crippen molar-refractivity contribution < 1.29 is 4.74 Å². The summed E-state index contributed by atoms with van der Waals surface area (Å²) < 4.78 is 6.28. The van der Waals surface area contributed by atoms with E-state index in [1.807, 2.05) is 12.1 Å². The molecule has 0 aliphatic rings. The quantitative estimate of drug-likeness (QED) is 0.881. The summed E-state index contributed by atoms with van der Waals surface area (Å²) in [6.07, 6.45) is 1.11. The van der Waals surface area contributed by atoms with Gasteiger partial charge in [-0.25, -0.2) is 0 Å². The summed E-state index contributed by atoms with van der Waals surface area (Å²) in [6, 6.07) is 4.01. The van der Waals surface area contributed by atoms with Gasteiger partial charge in [-0.15, -0.1) is 0 Å². The molecule has 0 fully saturated rings. The number of halogens is 2. The van der Waals surface area contributed by atoms with Crippen molar-refractivity contribution >= 4 is 27.5 Å². The lowest BCUT2D eigenvalue weighted by Crippen LogP contribution is -2.20. The van der Waals surface area contributed by atoms with Gasteiger partial charge < -0.3 is 10.1 Å². The molecule has 1 unspecified atom stereocenters. The predicted molar refractivity (Wildman–Crippen MR) is 72.4 cm³/mol. The van der Waals surface area contributed by atoms with Crippen LogP contribution in [-0.2, 0) is 0 Å². The average molecular weight is 307 g/mol. The predicted octanol–water partition coefficient (Wildman–Crippen LogP) is 4.17. The van der Waals surface area contributed by atoms with Gasteiger partial charge >= 0.3 is 0 Å². The first-order chi connectivity index (χ1) is 7.60. The molecule has 1 aromatic carbocycles. The van der Waals surface area contributed by atoms with Crippen LogP contribution >= 0.6 is 27.5 Å². The molecule has 0 heterocycles. The molecule has 0 bridgehead atoms. The maximum absolute atomic E-state index is 6.04. The van der Waals surface area contributed by atoms with Crippen molar-refractivity contribution in [1.29, 1.82) is 0 Å². The first kappa shape index (κ1) is 13.8. The Balaban J connectivity index is 3.00. The lowest BCUT2D eigenvalue weighted by Gasteiger charge is -2.18. The zero-order chi connectivity index (χ0) is 12.1. The molecule has 0 aromatic heterocycles. The number of nitrogens with one attached hydrogen (secondary N) is 1. The Hall–Kier alpha value is -0.250. The fourth-order valence-corrected chi connectivity index (χ4v) is 2.58. The third kappa shape index (κ3) is 3.37. The molecule has 16 heavy (non-hydrogen) atoms. The van der Waals surface area contributed by atoms with E-state index in [0.29, 0.717) is 5.02 Å². The lowest BCUT2D eigenvalue weighted by atomic mass is 10.1.